The first-order valence-corrected chi connectivity index (χ1v) is 7.47. The van der Waals surface area contributed by atoms with Crippen molar-refractivity contribution >= 4 is 9.84 Å². The molecular formula is C13H18O2S. The molecule has 0 unspecified atom stereocenters. The molecule has 0 aliphatic heterocycles. The molecule has 0 amide bonds. The quantitative estimate of drug-likeness (QED) is 0.808. The lowest BCUT2D eigenvalue weighted by Crippen LogP contribution is -2.08. The minimum atomic E-state index is -3.04. The van der Waals surface area contributed by atoms with Gasteiger partial charge in [0.2, 0.25) is 0 Å². The molecule has 16 heavy (non-hydrogen) atoms. The zero-order chi connectivity index (χ0) is 11.8. The van der Waals surface area contributed by atoms with E-state index in [0.29, 0.717) is 22.5 Å². The van der Waals surface area contributed by atoms with Crippen LogP contribution in [0.2, 0.25) is 0 Å². The van der Waals surface area contributed by atoms with Gasteiger partial charge in [-0.1, -0.05) is 26.0 Å². The molecule has 1 saturated carbocycles. The van der Waals surface area contributed by atoms with E-state index in [-0.39, 0.29) is 0 Å². The summed E-state index contributed by atoms with van der Waals surface area (Å²) in [5.41, 5.74) is 1.19. The molecule has 88 valence electrons. The number of rotatable bonds is 4. The largest absolute Gasteiger partial charge is 0.224 e. The molecule has 1 aliphatic carbocycles. The lowest BCUT2D eigenvalue weighted by molar-refractivity contribution is 0.592. The molecule has 1 aromatic rings. The molecule has 1 aliphatic rings. The van der Waals surface area contributed by atoms with Gasteiger partial charge in [-0.15, -0.1) is 0 Å². The van der Waals surface area contributed by atoms with Crippen LogP contribution in [0.3, 0.4) is 0 Å². The Hall–Kier alpha value is -0.830. The van der Waals surface area contributed by atoms with Crippen LogP contribution in [0.1, 0.15) is 38.2 Å². The van der Waals surface area contributed by atoms with E-state index in [1.165, 1.54) is 5.56 Å². The van der Waals surface area contributed by atoms with Gasteiger partial charge in [-0.2, -0.15) is 0 Å². The molecule has 0 radical (unpaired) electrons. The third-order valence-electron chi connectivity index (χ3n) is 3.06. The fourth-order valence-corrected chi connectivity index (χ4v) is 3.45. The fraction of sp³-hybridized carbons (Fsp3) is 0.538. The van der Waals surface area contributed by atoms with Crippen molar-refractivity contribution in [3.63, 3.8) is 0 Å². The molecular weight excluding hydrogens is 220 g/mol. The fourth-order valence-electron chi connectivity index (χ4n) is 1.75. The van der Waals surface area contributed by atoms with Crippen LogP contribution in [-0.4, -0.2) is 14.2 Å². The molecule has 0 bridgehead atoms. The van der Waals surface area contributed by atoms with Crippen LogP contribution in [0.25, 0.3) is 0 Å². The van der Waals surface area contributed by atoms with Gasteiger partial charge in [0.25, 0.3) is 0 Å². The van der Waals surface area contributed by atoms with Gasteiger partial charge in [-0.25, -0.2) is 8.42 Å². The molecule has 2 nitrogen and oxygen atoms in total. The molecule has 0 aromatic heterocycles. The second kappa shape index (κ2) is 4.21. The summed E-state index contributed by atoms with van der Waals surface area (Å²) in [5, 5.41) is 0. The lowest BCUT2D eigenvalue weighted by atomic mass is 10.0. The number of benzene rings is 1. The Morgan fingerprint density at radius 3 is 2.19 bits per heavy atom. The second-order valence-corrected chi connectivity index (χ2v) is 6.98. The Balaban J connectivity index is 2.19. The molecule has 2 rings (SSSR count). The number of sulfone groups is 1. The summed E-state index contributed by atoms with van der Waals surface area (Å²) in [4.78, 5) is 0.476. The van der Waals surface area contributed by atoms with Crippen LogP contribution in [0.5, 0.6) is 0 Å². The van der Waals surface area contributed by atoms with Crippen LogP contribution >= 0.6 is 0 Å². The van der Waals surface area contributed by atoms with Gasteiger partial charge >= 0.3 is 0 Å². The van der Waals surface area contributed by atoms with E-state index >= 15 is 0 Å². The Morgan fingerprint density at radius 1 is 1.19 bits per heavy atom. The van der Waals surface area contributed by atoms with E-state index in [1.807, 2.05) is 12.1 Å². The predicted octanol–water partition coefficient (Wildman–Crippen LogP) is 2.99. The molecule has 0 atom stereocenters. The topological polar surface area (TPSA) is 34.1 Å². The summed E-state index contributed by atoms with van der Waals surface area (Å²) in [7, 11) is -3.04. The van der Waals surface area contributed by atoms with Crippen molar-refractivity contribution in [2.75, 3.05) is 5.75 Å². The molecule has 0 spiro atoms. The number of hydrogen-bond acceptors (Lipinski definition) is 2. The van der Waals surface area contributed by atoms with Gasteiger partial charge < -0.3 is 0 Å². The third-order valence-corrected chi connectivity index (χ3v) is 4.96. The lowest BCUT2D eigenvalue weighted by Gasteiger charge is -2.07. The smallest absolute Gasteiger partial charge is 0.178 e. The second-order valence-electron chi connectivity index (χ2n) is 4.95. The van der Waals surface area contributed by atoms with Crippen molar-refractivity contribution in [1.82, 2.24) is 0 Å². The van der Waals surface area contributed by atoms with E-state index in [0.717, 1.165) is 12.8 Å². The van der Waals surface area contributed by atoms with Crippen molar-refractivity contribution < 1.29 is 8.42 Å². The van der Waals surface area contributed by atoms with Crippen molar-refractivity contribution in [1.29, 1.82) is 0 Å². The molecule has 0 N–H and O–H groups in total. The van der Waals surface area contributed by atoms with Gasteiger partial charge in [0.1, 0.15) is 0 Å². The molecule has 3 heteroatoms. The first-order valence-electron chi connectivity index (χ1n) is 5.82. The molecule has 0 heterocycles. The average molecular weight is 238 g/mol. The maximum Gasteiger partial charge on any atom is 0.178 e. The van der Waals surface area contributed by atoms with Crippen molar-refractivity contribution in [3.8, 4) is 0 Å². The van der Waals surface area contributed by atoms with Crippen molar-refractivity contribution in [2.45, 2.75) is 37.5 Å². The van der Waals surface area contributed by atoms with Gasteiger partial charge in [0.05, 0.1) is 10.6 Å². The highest BCUT2D eigenvalue weighted by atomic mass is 32.2. The predicted molar refractivity (Wildman–Crippen MR) is 65.3 cm³/mol. The average Bonchev–Trinajstić information content (AvgIpc) is 3.01. The Bertz CT molecular complexity index is 453. The summed E-state index contributed by atoms with van der Waals surface area (Å²) in [6, 6.07) is 7.33. The highest BCUT2D eigenvalue weighted by Gasteiger charge is 2.28. The van der Waals surface area contributed by atoms with Crippen LogP contribution in [0, 0.1) is 5.92 Å². The normalized spacial score (nSPS) is 16.7. The summed E-state index contributed by atoms with van der Waals surface area (Å²) in [6.45, 7) is 4.21. The van der Waals surface area contributed by atoms with Gasteiger partial charge in [-0.3, -0.25) is 0 Å². The minimum absolute atomic E-state index is 0.327. The Kier molecular flexibility index (Phi) is 3.06. The van der Waals surface area contributed by atoms with Crippen LogP contribution in [-0.2, 0) is 9.84 Å². The van der Waals surface area contributed by atoms with Gasteiger partial charge in [-0.05, 0) is 42.4 Å². The molecule has 0 saturated heterocycles. The standard InChI is InChI=1S/C13H18O2S/c1-10(2)12-5-7-13(8-6-12)16(14,15)9-11-3-4-11/h5-8,10-11H,3-4,9H2,1-2H3. The summed E-state index contributed by atoms with van der Waals surface area (Å²) in [5.74, 6) is 1.18. The van der Waals surface area contributed by atoms with Gasteiger partial charge in [0, 0.05) is 0 Å². The highest BCUT2D eigenvalue weighted by Crippen LogP contribution is 2.32. The molecule has 1 aromatic carbocycles. The maximum absolute atomic E-state index is 12.0. The summed E-state index contributed by atoms with van der Waals surface area (Å²) in [6.07, 6.45) is 2.15. The van der Waals surface area contributed by atoms with Crippen molar-refractivity contribution in [3.05, 3.63) is 29.8 Å². The summed E-state index contributed by atoms with van der Waals surface area (Å²) >= 11 is 0. The Morgan fingerprint density at radius 2 is 1.75 bits per heavy atom. The van der Waals surface area contributed by atoms with Crippen LogP contribution < -0.4 is 0 Å². The van der Waals surface area contributed by atoms with Gasteiger partial charge in [0.15, 0.2) is 9.84 Å². The van der Waals surface area contributed by atoms with E-state index in [9.17, 15) is 8.42 Å². The zero-order valence-electron chi connectivity index (χ0n) is 9.81. The van der Waals surface area contributed by atoms with E-state index in [1.54, 1.807) is 12.1 Å². The molecule has 1 fully saturated rings. The van der Waals surface area contributed by atoms with E-state index in [4.69, 9.17) is 0 Å². The van der Waals surface area contributed by atoms with E-state index in [2.05, 4.69) is 13.8 Å². The first kappa shape index (κ1) is 11.6. The summed E-state index contributed by atoms with van der Waals surface area (Å²) < 4.78 is 23.9. The zero-order valence-corrected chi connectivity index (χ0v) is 10.6. The minimum Gasteiger partial charge on any atom is -0.224 e. The monoisotopic (exact) mass is 238 g/mol. The first-order chi connectivity index (χ1) is 7.49. The Labute approximate surface area is 97.6 Å². The third kappa shape index (κ3) is 2.64. The van der Waals surface area contributed by atoms with Crippen LogP contribution in [0.4, 0.5) is 0 Å². The van der Waals surface area contributed by atoms with Crippen LogP contribution in [0.15, 0.2) is 29.2 Å². The SMILES string of the molecule is CC(C)c1ccc(S(=O)(=O)CC2CC2)cc1. The highest BCUT2D eigenvalue weighted by molar-refractivity contribution is 7.91. The van der Waals surface area contributed by atoms with Crippen molar-refractivity contribution in [2.24, 2.45) is 5.92 Å². The maximum atomic E-state index is 12.0. The van der Waals surface area contributed by atoms with E-state index < -0.39 is 9.84 Å². The number of hydrogen-bond donors (Lipinski definition) is 0.